The molecule has 0 aliphatic rings. The van der Waals surface area contributed by atoms with Crippen molar-refractivity contribution >= 4 is 38.3 Å². The number of nitrogens with one attached hydrogen (secondary N) is 1. The molecule has 2 aromatic carbocycles. The molecule has 0 radical (unpaired) electrons. The lowest BCUT2D eigenvalue weighted by atomic mass is 10.1. The molecule has 3 aromatic rings. The number of benzene rings is 2. The highest BCUT2D eigenvalue weighted by molar-refractivity contribution is 7.22. The Morgan fingerprint density at radius 3 is 2.70 bits per heavy atom. The molecule has 5 nitrogen and oxygen atoms in total. The third-order valence-corrected chi connectivity index (χ3v) is 5.49. The van der Waals surface area contributed by atoms with Crippen LogP contribution in [-0.4, -0.2) is 31.6 Å². The quantitative estimate of drug-likeness (QED) is 0.611. The highest BCUT2D eigenvalue weighted by Gasteiger charge is 2.14. The summed E-state index contributed by atoms with van der Waals surface area (Å²) in [5, 5.41) is 3.75. The molecule has 1 amide bonds. The molecule has 27 heavy (non-hydrogen) atoms. The number of hydrogen-bond donors (Lipinski definition) is 1. The minimum Gasteiger partial charge on any atom is -0.494 e. The van der Waals surface area contributed by atoms with Crippen LogP contribution in [0, 0.1) is 0 Å². The fraction of sp³-hybridized carbons (Fsp3) is 0.333. The van der Waals surface area contributed by atoms with Gasteiger partial charge >= 0.3 is 0 Å². The van der Waals surface area contributed by atoms with Crippen molar-refractivity contribution in [3.63, 3.8) is 0 Å². The maximum atomic E-state index is 12.4. The number of anilines is 2. The van der Waals surface area contributed by atoms with Gasteiger partial charge in [0.25, 0.3) is 0 Å². The van der Waals surface area contributed by atoms with Crippen LogP contribution in [0.5, 0.6) is 5.75 Å². The van der Waals surface area contributed by atoms with Crippen molar-refractivity contribution in [1.82, 2.24) is 4.98 Å². The van der Waals surface area contributed by atoms with Crippen LogP contribution in [0.2, 0.25) is 0 Å². The van der Waals surface area contributed by atoms with Gasteiger partial charge in [0.15, 0.2) is 5.13 Å². The fourth-order valence-electron chi connectivity index (χ4n) is 2.86. The van der Waals surface area contributed by atoms with E-state index in [2.05, 4.69) is 29.4 Å². The summed E-state index contributed by atoms with van der Waals surface area (Å²) in [5.74, 6) is 0.682. The van der Waals surface area contributed by atoms with Crippen LogP contribution in [-0.2, 0) is 11.2 Å². The molecule has 0 spiro atoms. The Kier molecular flexibility index (Phi) is 6.29. The summed E-state index contributed by atoms with van der Waals surface area (Å²) in [4.78, 5) is 18.9. The zero-order valence-corrected chi connectivity index (χ0v) is 16.8. The zero-order chi connectivity index (χ0) is 19.2. The summed E-state index contributed by atoms with van der Waals surface area (Å²) in [6, 6.07) is 13.9. The molecule has 0 fully saturated rings. The van der Waals surface area contributed by atoms with Gasteiger partial charge in [-0.25, -0.2) is 4.98 Å². The SMILES string of the molecule is CCCCc1ccc(NC(=O)CN(C)c2nc3c(OC)cccc3s2)cc1. The highest BCUT2D eigenvalue weighted by Crippen LogP contribution is 2.33. The maximum absolute atomic E-state index is 12.4. The lowest BCUT2D eigenvalue weighted by molar-refractivity contribution is -0.114. The lowest BCUT2D eigenvalue weighted by Gasteiger charge is -2.15. The molecule has 0 saturated carbocycles. The largest absolute Gasteiger partial charge is 0.494 e. The van der Waals surface area contributed by atoms with Gasteiger partial charge in [-0.3, -0.25) is 4.79 Å². The number of ether oxygens (including phenoxy) is 1. The number of nitrogens with zero attached hydrogens (tertiary/aromatic N) is 2. The van der Waals surface area contributed by atoms with E-state index in [1.807, 2.05) is 42.3 Å². The van der Waals surface area contributed by atoms with E-state index < -0.39 is 0 Å². The van der Waals surface area contributed by atoms with Gasteiger partial charge in [-0.15, -0.1) is 0 Å². The summed E-state index contributed by atoms with van der Waals surface area (Å²) in [6.07, 6.45) is 3.44. The van der Waals surface area contributed by atoms with Gasteiger partial charge in [0.2, 0.25) is 5.91 Å². The number of methoxy groups -OCH3 is 1. The summed E-state index contributed by atoms with van der Waals surface area (Å²) in [7, 11) is 3.51. The van der Waals surface area contributed by atoms with Gasteiger partial charge in [0, 0.05) is 12.7 Å². The molecule has 142 valence electrons. The number of amides is 1. The van der Waals surface area contributed by atoms with Gasteiger partial charge in [-0.05, 0) is 42.7 Å². The Labute approximate surface area is 164 Å². The lowest BCUT2D eigenvalue weighted by Crippen LogP contribution is -2.29. The molecule has 3 rings (SSSR count). The second-order valence-corrected chi connectivity index (χ2v) is 7.52. The van der Waals surface area contributed by atoms with E-state index in [4.69, 9.17) is 4.74 Å². The molecule has 0 unspecified atom stereocenters. The average molecular weight is 384 g/mol. The Morgan fingerprint density at radius 1 is 1.22 bits per heavy atom. The molecule has 0 bridgehead atoms. The Morgan fingerprint density at radius 2 is 2.00 bits per heavy atom. The van der Waals surface area contributed by atoms with Crippen LogP contribution in [0.15, 0.2) is 42.5 Å². The van der Waals surface area contributed by atoms with Crippen molar-refractivity contribution in [2.45, 2.75) is 26.2 Å². The van der Waals surface area contributed by atoms with Crippen LogP contribution in [0.1, 0.15) is 25.3 Å². The molecule has 1 aromatic heterocycles. The van der Waals surface area contributed by atoms with Gasteiger partial charge in [0.1, 0.15) is 11.3 Å². The number of aryl methyl sites for hydroxylation is 1. The van der Waals surface area contributed by atoms with Crippen LogP contribution >= 0.6 is 11.3 Å². The van der Waals surface area contributed by atoms with E-state index >= 15 is 0 Å². The van der Waals surface area contributed by atoms with Crippen molar-refractivity contribution in [2.24, 2.45) is 0 Å². The van der Waals surface area contributed by atoms with Crippen molar-refractivity contribution in [2.75, 3.05) is 30.9 Å². The number of thiazole rings is 1. The standard InChI is InChI=1S/C21H25N3O2S/c1-4-5-7-15-10-12-16(13-11-15)22-19(25)14-24(2)21-23-20-17(26-3)8-6-9-18(20)27-21/h6,8-13H,4-5,7,14H2,1-3H3,(H,22,25). The Hall–Kier alpha value is -2.60. The molecule has 0 aliphatic carbocycles. The van der Waals surface area contributed by atoms with E-state index in [0.29, 0.717) is 0 Å². The van der Waals surface area contributed by atoms with Gasteiger partial charge in [0.05, 0.1) is 18.4 Å². The summed E-state index contributed by atoms with van der Waals surface area (Å²) in [6.45, 7) is 2.42. The van der Waals surface area contributed by atoms with Crippen molar-refractivity contribution < 1.29 is 9.53 Å². The number of aromatic nitrogens is 1. The van der Waals surface area contributed by atoms with E-state index in [9.17, 15) is 4.79 Å². The molecule has 1 heterocycles. The molecule has 6 heteroatoms. The topological polar surface area (TPSA) is 54.5 Å². The monoisotopic (exact) mass is 383 g/mol. The third kappa shape index (κ3) is 4.77. The second kappa shape index (κ2) is 8.86. The van der Waals surface area contributed by atoms with Crippen LogP contribution in [0.3, 0.4) is 0 Å². The van der Waals surface area contributed by atoms with Gasteiger partial charge in [-0.1, -0.05) is 42.9 Å². The third-order valence-electron chi connectivity index (χ3n) is 4.35. The molecule has 0 aliphatic heterocycles. The number of rotatable bonds is 8. The first-order valence-corrected chi connectivity index (χ1v) is 9.96. The Bertz CT molecular complexity index is 905. The van der Waals surface area contributed by atoms with Crippen molar-refractivity contribution in [3.05, 3.63) is 48.0 Å². The van der Waals surface area contributed by atoms with Gasteiger partial charge in [-0.2, -0.15) is 0 Å². The number of carbonyl (C=O) groups excluding carboxylic acids is 1. The number of unbranched alkanes of at least 4 members (excludes halogenated alkanes) is 1. The minimum atomic E-state index is -0.0648. The molecule has 1 N–H and O–H groups in total. The van der Waals surface area contributed by atoms with Crippen LogP contribution in [0.25, 0.3) is 10.2 Å². The number of fused-ring (bicyclic) bond motifs is 1. The molecular weight excluding hydrogens is 358 g/mol. The zero-order valence-electron chi connectivity index (χ0n) is 16.0. The first-order valence-electron chi connectivity index (χ1n) is 9.14. The van der Waals surface area contributed by atoms with Crippen molar-refractivity contribution in [3.8, 4) is 5.75 Å². The smallest absolute Gasteiger partial charge is 0.243 e. The highest BCUT2D eigenvalue weighted by atomic mass is 32.1. The first-order chi connectivity index (χ1) is 13.1. The molecular formula is C21H25N3O2S. The van der Waals surface area contributed by atoms with E-state index in [0.717, 1.165) is 33.2 Å². The van der Waals surface area contributed by atoms with Crippen LogP contribution < -0.4 is 15.0 Å². The van der Waals surface area contributed by atoms with E-state index in [1.54, 1.807) is 18.4 Å². The molecule has 0 atom stereocenters. The van der Waals surface area contributed by atoms with Gasteiger partial charge < -0.3 is 15.0 Å². The normalized spacial score (nSPS) is 10.8. The van der Waals surface area contributed by atoms with E-state index in [1.165, 1.54) is 18.4 Å². The number of carbonyl (C=O) groups is 1. The second-order valence-electron chi connectivity index (χ2n) is 6.51. The minimum absolute atomic E-state index is 0.0648. The fourth-order valence-corrected chi connectivity index (χ4v) is 3.80. The predicted octanol–water partition coefficient (Wildman–Crippen LogP) is 4.72. The first kappa shape index (κ1) is 19.2. The predicted molar refractivity (Wildman–Crippen MR) is 113 cm³/mol. The maximum Gasteiger partial charge on any atom is 0.243 e. The summed E-state index contributed by atoms with van der Waals surface area (Å²) in [5.41, 5.74) is 2.95. The number of likely N-dealkylation sites (N-methyl/N-ethyl adjacent to an activating group) is 1. The summed E-state index contributed by atoms with van der Waals surface area (Å²) < 4.78 is 6.40. The average Bonchev–Trinajstić information content (AvgIpc) is 3.12. The summed E-state index contributed by atoms with van der Waals surface area (Å²) >= 11 is 1.55. The van der Waals surface area contributed by atoms with Crippen molar-refractivity contribution in [1.29, 1.82) is 0 Å². The van der Waals surface area contributed by atoms with E-state index in [-0.39, 0.29) is 12.5 Å². The molecule has 0 saturated heterocycles. The Balaban J connectivity index is 1.62. The van der Waals surface area contributed by atoms with Crippen LogP contribution in [0.4, 0.5) is 10.8 Å². The number of para-hydroxylation sites is 1. The number of hydrogen-bond acceptors (Lipinski definition) is 5.